The Morgan fingerprint density at radius 3 is 2.62 bits per heavy atom. The van der Waals surface area contributed by atoms with Crippen LogP contribution in [0.5, 0.6) is 0 Å². The van der Waals surface area contributed by atoms with Gasteiger partial charge in [-0.2, -0.15) is 0 Å². The van der Waals surface area contributed by atoms with Crippen molar-refractivity contribution in [3.8, 4) is 0 Å². The van der Waals surface area contributed by atoms with Crippen LogP contribution in [0.4, 0.5) is 0 Å². The average molecular weight is 218 g/mol. The molecule has 1 heteroatoms. The number of allylic oxidation sites excluding steroid dienone is 2. The first kappa shape index (κ1) is 10.6. The highest BCUT2D eigenvalue weighted by atomic mass is 16.1. The first-order valence-electron chi connectivity index (χ1n) is 6.68. The fraction of sp³-hybridized carbons (Fsp3) is 0.800. The van der Waals surface area contributed by atoms with Gasteiger partial charge in [0.25, 0.3) is 0 Å². The molecule has 0 aromatic rings. The Bertz CT molecular complexity index is 388. The van der Waals surface area contributed by atoms with Crippen LogP contribution >= 0.6 is 0 Å². The molecule has 0 radical (unpaired) electrons. The van der Waals surface area contributed by atoms with Gasteiger partial charge in [-0.1, -0.05) is 26.3 Å². The average Bonchev–Trinajstić information content (AvgIpc) is 2.68. The molecule has 3 rings (SSSR count). The minimum atomic E-state index is 0.426. The zero-order valence-electron chi connectivity index (χ0n) is 10.8. The van der Waals surface area contributed by atoms with Gasteiger partial charge < -0.3 is 0 Å². The fourth-order valence-electron chi connectivity index (χ4n) is 4.42. The van der Waals surface area contributed by atoms with E-state index in [-0.39, 0.29) is 0 Å². The minimum Gasteiger partial charge on any atom is -0.295 e. The van der Waals surface area contributed by atoms with Crippen LogP contribution in [0.3, 0.4) is 0 Å². The van der Waals surface area contributed by atoms with Crippen molar-refractivity contribution < 1.29 is 4.79 Å². The van der Waals surface area contributed by atoms with E-state index in [1.165, 1.54) is 12.8 Å². The number of Topliss-reactive ketones (excluding diaryl/α,β-unsaturated/α-hetero) is 1. The van der Waals surface area contributed by atoms with Gasteiger partial charge in [0.2, 0.25) is 0 Å². The van der Waals surface area contributed by atoms with Crippen molar-refractivity contribution in [2.75, 3.05) is 0 Å². The Labute approximate surface area is 98.3 Å². The van der Waals surface area contributed by atoms with Gasteiger partial charge in [-0.3, -0.25) is 4.79 Å². The second-order valence-electron chi connectivity index (χ2n) is 6.77. The lowest BCUT2D eigenvalue weighted by atomic mass is 9.82. The molecule has 88 valence electrons. The molecule has 0 amide bonds. The zero-order chi connectivity index (χ0) is 11.7. The van der Waals surface area contributed by atoms with E-state index in [0.29, 0.717) is 17.1 Å². The predicted octanol–water partition coefficient (Wildman–Crippen LogP) is 3.59. The molecule has 0 aromatic carbocycles. The monoisotopic (exact) mass is 218 g/mol. The molecule has 0 heterocycles. The van der Waals surface area contributed by atoms with Crippen LogP contribution in [0.25, 0.3) is 0 Å². The molecule has 2 saturated carbocycles. The summed E-state index contributed by atoms with van der Waals surface area (Å²) < 4.78 is 0. The molecule has 1 nitrogen and oxygen atoms in total. The van der Waals surface area contributed by atoms with Crippen molar-refractivity contribution in [3.05, 3.63) is 11.1 Å². The molecule has 0 N–H and O–H groups in total. The third-order valence-corrected chi connectivity index (χ3v) is 5.66. The van der Waals surface area contributed by atoms with E-state index >= 15 is 0 Å². The summed E-state index contributed by atoms with van der Waals surface area (Å²) >= 11 is 0. The molecular weight excluding hydrogens is 196 g/mol. The van der Waals surface area contributed by atoms with Gasteiger partial charge in [0.1, 0.15) is 0 Å². The van der Waals surface area contributed by atoms with Gasteiger partial charge in [0.15, 0.2) is 5.78 Å². The van der Waals surface area contributed by atoms with E-state index in [1.54, 1.807) is 5.57 Å². The smallest absolute Gasteiger partial charge is 0.159 e. The van der Waals surface area contributed by atoms with Crippen molar-refractivity contribution in [3.63, 3.8) is 0 Å². The van der Waals surface area contributed by atoms with Gasteiger partial charge in [0, 0.05) is 6.42 Å². The second-order valence-corrected chi connectivity index (χ2v) is 6.77. The molecule has 0 aliphatic heterocycles. The van der Waals surface area contributed by atoms with E-state index in [1.807, 2.05) is 0 Å². The summed E-state index contributed by atoms with van der Waals surface area (Å²) in [7, 11) is 0. The molecule has 0 spiro atoms. The molecular formula is C15H22O. The lowest BCUT2D eigenvalue weighted by Gasteiger charge is -2.22. The van der Waals surface area contributed by atoms with Crippen LogP contribution in [-0.2, 0) is 4.79 Å². The first-order valence-corrected chi connectivity index (χ1v) is 6.68. The van der Waals surface area contributed by atoms with Crippen LogP contribution in [0.1, 0.15) is 47.0 Å². The maximum atomic E-state index is 11.9. The standard InChI is InChI=1S/C15H22O/c1-8-5-6-11-14(15(11,3)4)13-9(2)12(16)7-10(8)13/h8,10-11,14H,5-7H2,1-4H3/t8-,10+,11-,14-/m0/s1. The summed E-state index contributed by atoms with van der Waals surface area (Å²) in [6, 6.07) is 0. The number of carbonyl (C=O) groups is 1. The maximum Gasteiger partial charge on any atom is 0.159 e. The SMILES string of the molecule is CC1=C2[C@@H]3[C@H](CC[C@H](C)[C@H]2CC1=O)C3(C)C. The van der Waals surface area contributed by atoms with E-state index in [0.717, 1.165) is 29.7 Å². The topological polar surface area (TPSA) is 17.1 Å². The van der Waals surface area contributed by atoms with Crippen molar-refractivity contribution in [1.82, 2.24) is 0 Å². The maximum absolute atomic E-state index is 11.9. The van der Waals surface area contributed by atoms with Gasteiger partial charge in [0.05, 0.1) is 0 Å². The highest BCUT2D eigenvalue weighted by Gasteiger charge is 2.62. The lowest BCUT2D eigenvalue weighted by Crippen LogP contribution is -2.14. The fourth-order valence-corrected chi connectivity index (χ4v) is 4.42. The summed E-state index contributed by atoms with van der Waals surface area (Å²) in [5, 5.41) is 0. The lowest BCUT2D eigenvalue weighted by molar-refractivity contribution is -0.115. The summed E-state index contributed by atoms with van der Waals surface area (Å²) in [5.41, 5.74) is 3.16. The Kier molecular flexibility index (Phi) is 1.98. The molecule has 3 aliphatic rings. The molecule has 2 fully saturated rings. The molecule has 0 saturated heterocycles. The van der Waals surface area contributed by atoms with Gasteiger partial charge in [-0.25, -0.2) is 0 Å². The third-order valence-electron chi connectivity index (χ3n) is 5.66. The summed E-state index contributed by atoms with van der Waals surface area (Å²) in [6.07, 6.45) is 3.50. The van der Waals surface area contributed by atoms with Crippen LogP contribution in [0.2, 0.25) is 0 Å². The van der Waals surface area contributed by atoms with E-state index < -0.39 is 0 Å². The van der Waals surface area contributed by atoms with Crippen molar-refractivity contribution in [2.24, 2.45) is 29.1 Å². The quantitative estimate of drug-likeness (QED) is 0.607. The molecule has 0 aromatic heterocycles. The van der Waals surface area contributed by atoms with Crippen LogP contribution < -0.4 is 0 Å². The van der Waals surface area contributed by atoms with Crippen LogP contribution in [0.15, 0.2) is 11.1 Å². The van der Waals surface area contributed by atoms with Gasteiger partial charge >= 0.3 is 0 Å². The van der Waals surface area contributed by atoms with Crippen molar-refractivity contribution in [1.29, 1.82) is 0 Å². The number of carbonyl (C=O) groups excluding carboxylic acids is 1. The van der Waals surface area contributed by atoms with Crippen molar-refractivity contribution >= 4 is 5.78 Å². The Hall–Kier alpha value is -0.590. The molecule has 0 bridgehead atoms. The number of hydrogen-bond donors (Lipinski definition) is 0. The Morgan fingerprint density at radius 1 is 1.25 bits per heavy atom. The number of ketones is 1. The van der Waals surface area contributed by atoms with E-state index in [2.05, 4.69) is 27.7 Å². The van der Waals surface area contributed by atoms with Crippen LogP contribution in [0, 0.1) is 29.1 Å². The highest BCUT2D eigenvalue weighted by molar-refractivity contribution is 5.99. The summed E-state index contributed by atoms with van der Waals surface area (Å²) in [6.45, 7) is 9.19. The minimum absolute atomic E-state index is 0.426. The van der Waals surface area contributed by atoms with Crippen molar-refractivity contribution in [2.45, 2.75) is 47.0 Å². The Morgan fingerprint density at radius 2 is 1.94 bits per heavy atom. The van der Waals surface area contributed by atoms with E-state index in [4.69, 9.17) is 0 Å². The Balaban J connectivity index is 2.05. The molecule has 4 atom stereocenters. The summed E-state index contributed by atoms with van der Waals surface area (Å²) in [5.74, 6) is 3.32. The summed E-state index contributed by atoms with van der Waals surface area (Å²) in [4.78, 5) is 11.9. The molecule has 0 unspecified atom stereocenters. The second kappa shape index (κ2) is 3.00. The zero-order valence-corrected chi connectivity index (χ0v) is 10.8. The third kappa shape index (κ3) is 1.15. The van der Waals surface area contributed by atoms with Gasteiger partial charge in [-0.15, -0.1) is 0 Å². The number of fused-ring (bicyclic) bond motifs is 3. The first-order chi connectivity index (χ1) is 7.44. The number of rotatable bonds is 0. The van der Waals surface area contributed by atoms with E-state index in [9.17, 15) is 4.79 Å². The normalized spacial score (nSPS) is 45.1. The van der Waals surface area contributed by atoms with Gasteiger partial charge in [-0.05, 0) is 54.4 Å². The number of hydrogen-bond acceptors (Lipinski definition) is 1. The molecule has 16 heavy (non-hydrogen) atoms. The predicted molar refractivity (Wildman–Crippen MR) is 65.0 cm³/mol. The highest BCUT2D eigenvalue weighted by Crippen LogP contribution is 2.68. The van der Waals surface area contributed by atoms with Crippen LogP contribution in [-0.4, -0.2) is 5.78 Å². The largest absolute Gasteiger partial charge is 0.295 e. The molecule has 3 aliphatic carbocycles.